The molecule has 3 aromatic rings. The maximum atomic E-state index is 13.1. The second kappa shape index (κ2) is 7.12. The first-order chi connectivity index (χ1) is 12.7. The van der Waals surface area contributed by atoms with Gasteiger partial charge in [0, 0.05) is 5.71 Å². The van der Waals surface area contributed by atoms with Gasteiger partial charge >= 0.3 is 0 Å². The summed E-state index contributed by atoms with van der Waals surface area (Å²) in [7, 11) is 0. The van der Waals surface area contributed by atoms with Gasteiger partial charge in [0.05, 0.1) is 16.6 Å². The third kappa shape index (κ3) is 3.25. The zero-order valence-electron chi connectivity index (χ0n) is 14.9. The van der Waals surface area contributed by atoms with E-state index in [4.69, 9.17) is 0 Å². The Morgan fingerprint density at radius 3 is 2.65 bits per heavy atom. The zero-order chi connectivity index (χ0) is 17.9. The molecule has 0 aliphatic heterocycles. The molecular formula is C21H22N4O. The maximum absolute atomic E-state index is 13.1. The number of hydrazone groups is 1. The second-order valence-electron chi connectivity index (χ2n) is 6.78. The number of aromatic nitrogens is 2. The van der Waals surface area contributed by atoms with Gasteiger partial charge < -0.3 is 0 Å². The molecule has 1 aliphatic rings. The van der Waals surface area contributed by atoms with E-state index in [1.165, 1.54) is 19.3 Å². The Morgan fingerprint density at radius 2 is 1.85 bits per heavy atom. The predicted octanol–water partition coefficient (Wildman–Crippen LogP) is 4.43. The van der Waals surface area contributed by atoms with Crippen LogP contribution in [0.4, 0.5) is 5.95 Å². The molecule has 0 atom stereocenters. The molecule has 26 heavy (non-hydrogen) atoms. The van der Waals surface area contributed by atoms with Crippen LogP contribution in [-0.2, 0) is 0 Å². The number of rotatable bonds is 3. The SMILES string of the molecule is Cc1cccc(-n2c(NN=C3CCCCC3)nc3ccccc3c2=O)c1. The Hall–Kier alpha value is -2.95. The van der Waals surface area contributed by atoms with Crippen molar-refractivity contribution >= 4 is 22.6 Å². The highest BCUT2D eigenvalue weighted by Gasteiger charge is 2.13. The number of hydrogen-bond donors (Lipinski definition) is 1. The van der Waals surface area contributed by atoms with E-state index in [1.54, 1.807) is 4.57 Å². The van der Waals surface area contributed by atoms with Crippen LogP contribution >= 0.6 is 0 Å². The first-order valence-corrected chi connectivity index (χ1v) is 9.13. The van der Waals surface area contributed by atoms with Crippen molar-refractivity contribution < 1.29 is 0 Å². The molecule has 1 saturated carbocycles. The van der Waals surface area contributed by atoms with Gasteiger partial charge in [-0.05, 0) is 62.4 Å². The van der Waals surface area contributed by atoms with Gasteiger partial charge in [-0.1, -0.05) is 30.7 Å². The van der Waals surface area contributed by atoms with E-state index in [0.717, 1.165) is 29.8 Å². The number of nitrogens with zero attached hydrogens (tertiary/aromatic N) is 3. The lowest BCUT2D eigenvalue weighted by molar-refractivity contribution is 0.665. The Bertz CT molecular complexity index is 1030. The van der Waals surface area contributed by atoms with Gasteiger partial charge in [-0.25, -0.2) is 15.0 Å². The second-order valence-corrected chi connectivity index (χ2v) is 6.78. The lowest BCUT2D eigenvalue weighted by Crippen LogP contribution is -2.23. The molecule has 1 N–H and O–H groups in total. The van der Waals surface area contributed by atoms with Crippen LogP contribution in [0.25, 0.3) is 16.6 Å². The van der Waals surface area contributed by atoms with E-state index in [9.17, 15) is 4.79 Å². The Kier molecular flexibility index (Phi) is 4.52. The summed E-state index contributed by atoms with van der Waals surface area (Å²) < 4.78 is 1.61. The van der Waals surface area contributed by atoms with Crippen molar-refractivity contribution in [2.24, 2.45) is 5.10 Å². The standard InChI is InChI=1S/C21H22N4O/c1-15-8-7-11-17(14-15)25-20(26)18-12-5-6-13-19(18)22-21(25)24-23-16-9-3-2-4-10-16/h5-8,11-14H,2-4,9-10H2,1H3,(H,22,24). The first-order valence-electron chi connectivity index (χ1n) is 9.13. The molecule has 0 unspecified atom stereocenters. The van der Waals surface area contributed by atoms with Crippen LogP contribution in [0.1, 0.15) is 37.7 Å². The summed E-state index contributed by atoms with van der Waals surface area (Å²) in [6, 6.07) is 15.3. The molecule has 5 nitrogen and oxygen atoms in total. The number of fused-ring (bicyclic) bond motifs is 1. The highest BCUT2D eigenvalue weighted by molar-refractivity contribution is 5.85. The average molecular weight is 346 g/mol. The molecule has 132 valence electrons. The van der Waals surface area contributed by atoms with Crippen LogP contribution in [0.5, 0.6) is 0 Å². The van der Waals surface area contributed by atoms with Gasteiger partial charge in [0.1, 0.15) is 0 Å². The topological polar surface area (TPSA) is 59.3 Å². The fraction of sp³-hybridized carbons (Fsp3) is 0.286. The Labute approximate surface area is 152 Å². The summed E-state index contributed by atoms with van der Waals surface area (Å²) in [6.07, 6.45) is 5.64. The molecule has 1 fully saturated rings. The monoisotopic (exact) mass is 346 g/mol. The molecule has 1 aromatic heterocycles. The fourth-order valence-electron chi connectivity index (χ4n) is 3.42. The molecule has 0 radical (unpaired) electrons. The molecule has 1 aliphatic carbocycles. The lowest BCUT2D eigenvalue weighted by Gasteiger charge is -2.15. The minimum Gasteiger partial charge on any atom is -0.268 e. The van der Waals surface area contributed by atoms with E-state index >= 15 is 0 Å². The normalized spacial score (nSPS) is 14.4. The number of anilines is 1. The third-order valence-corrected chi connectivity index (χ3v) is 4.78. The van der Waals surface area contributed by atoms with Crippen molar-refractivity contribution in [3.63, 3.8) is 0 Å². The maximum Gasteiger partial charge on any atom is 0.267 e. The van der Waals surface area contributed by atoms with Crippen molar-refractivity contribution in [3.05, 3.63) is 64.4 Å². The van der Waals surface area contributed by atoms with Gasteiger partial charge in [-0.15, -0.1) is 0 Å². The van der Waals surface area contributed by atoms with E-state index in [1.807, 2.05) is 55.5 Å². The summed E-state index contributed by atoms with van der Waals surface area (Å²) >= 11 is 0. The van der Waals surface area contributed by atoms with E-state index < -0.39 is 0 Å². The number of para-hydroxylation sites is 1. The van der Waals surface area contributed by atoms with Gasteiger partial charge in [0.2, 0.25) is 5.95 Å². The van der Waals surface area contributed by atoms with E-state index in [2.05, 4.69) is 15.5 Å². The summed E-state index contributed by atoms with van der Waals surface area (Å²) in [4.78, 5) is 17.8. The molecule has 1 heterocycles. The van der Waals surface area contributed by atoms with Crippen LogP contribution in [-0.4, -0.2) is 15.3 Å². The van der Waals surface area contributed by atoms with Crippen LogP contribution in [0.2, 0.25) is 0 Å². The number of nitrogens with one attached hydrogen (secondary N) is 1. The highest BCUT2D eigenvalue weighted by atomic mass is 16.1. The Balaban J connectivity index is 1.86. The first kappa shape index (κ1) is 16.5. The van der Waals surface area contributed by atoms with Crippen LogP contribution in [0.3, 0.4) is 0 Å². The molecule has 0 amide bonds. The molecule has 0 spiro atoms. The van der Waals surface area contributed by atoms with Crippen molar-refractivity contribution in [3.8, 4) is 5.69 Å². The largest absolute Gasteiger partial charge is 0.268 e. The predicted molar refractivity (Wildman–Crippen MR) is 106 cm³/mol. The van der Waals surface area contributed by atoms with Crippen LogP contribution < -0.4 is 11.0 Å². The molecule has 5 heteroatoms. The van der Waals surface area contributed by atoms with Crippen LogP contribution in [0, 0.1) is 6.92 Å². The summed E-state index contributed by atoms with van der Waals surface area (Å²) in [5.74, 6) is 0.456. The quantitative estimate of drug-likeness (QED) is 0.714. The molecule has 0 bridgehead atoms. The summed E-state index contributed by atoms with van der Waals surface area (Å²) in [5.41, 5.74) is 6.69. The molecule has 0 saturated heterocycles. The van der Waals surface area contributed by atoms with Gasteiger partial charge in [-0.3, -0.25) is 4.79 Å². The van der Waals surface area contributed by atoms with Crippen molar-refractivity contribution in [2.75, 3.05) is 5.43 Å². The minimum absolute atomic E-state index is 0.0902. The minimum atomic E-state index is -0.0902. The highest BCUT2D eigenvalue weighted by Crippen LogP contribution is 2.19. The number of benzene rings is 2. The molecule has 4 rings (SSSR count). The van der Waals surface area contributed by atoms with Gasteiger partial charge in [-0.2, -0.15) is 5.10 Å². The molecular weight excluding hydrogens is 324 g/mol. The van der Waals surface area contributed by atoms with E-state index in [0.29, 0.717) is 16.9 Å². The zero-order valence-corrected chi connectivity index (χ0v) is 14.9. The summed E-state index contributed by atoms with van der Waals surface area (Å²) in [6.45, 7) is 2.01. The van der Waals surface area contributed by atoms with E-state index in [-0.39, 0.29) is 5.56 Å². The average Bonchev–Trinajstić information content (AvgIpc) is 2.67. The third-order valence-electron chi connectivity index (χ3n) is 4.78. The fourth-order valence-corrected chi connectivity index (χ4v) is 3.42. The van der Waals surface area contributed by atoms with Gasteiger partial charge in [0.25, 0.3) is 5.56 Å². The Morgan fingerprint density at radius 1 is 1.04 bits per heavy atom. The van der Waals surface area contributed by atoms with Crippen molar-refractivity contribution in [1.82, 2.24) is 9.55 Å². The van der Waals surface area contributed by atoms with Gasteiger partial charge in [0.15, 0.2) is 0 Å². The molecule has 2 aromatic carbocycles. The van der Waals surface area contributed by atoms with Crippen molar-refractivity contribution in [2.45, 2.75) is 39.0 Å². The smallest absolute Gasteiger partial charge is 0.267 e. The lowest BCUT2D eigenvalue weighted by atomic mass is 9.99. The van der Waals surface area contributed by atoms with Crippen LogP contribution in [0.15, 0.2) is 58.4 Å². The summed E-state index contributed by atoms with van der Waals surface area (Å²) in [5, 5.41) is 5.16. The number of hydrogen-bond acceptors (Lipinski definition) is 4. The number of aryl methyl sites for hydroxylation is 1. The van der Waals surface area contributed by atoms with Crippen molar-refractivity contribution in [1.29, 1.82) is 0 Å².